The van der Waals surface area contributed by atoms with Gasteiger partial charge in [0.2, 0.25) is 5.75 Å². The van der Waals surface area contributed by atoms with Crippen LogP contribution in [0.3, 0.4) is 0 Å². The fourth-order valence-electron chi connectivity index (χ4n) is 1.85. The highest BCUT2D eigenvalue weighted by atomic mass is 35.5. The fraction of sp³-hybridized carbons (Fsp3) is 0.0769. The Bertz CT molecular complexity index is 1090. The molecule has 0 fully saturated rings. The molecule has 0 radical (unpaired) electrons. The molecule has 0 saturated carbocycles. The Kier molecular flexibility index (Phi) is 4.78. The molecule has 3 aromatic rings. The number of hydrogen-bond donors (Lipinski definition) is 2. The highest BCUT2D eigenvalue weighted by Gasteiger charge is 2.39. The van der Waals surface area contributed by atoms with Crippen LogP contribution in [0.15, 0.2) is 27.8 Å². The van der Waals surface area contributed by atoms with Crippen molar-refractivity contribution in [3.05, 3.63) is 54.0 Å². The molecule has 2 N–H and O–H groups in total. The van der Waals surface area contributed by atoms with Gasteiger partial charge in [0.15, 0.2) is 17.3 Å². The zero-order chi connectivity index (χ0) is 19.1. The molecular formula is C13H5Cl2F3N4O3S. The number of hydrogen-bond acceptors (Lipinski definition) is 6. The summed E-state index contributed by atoms with van der Waals surface area (Å²) in [7, 11) is 0. The molecule has 0 amide bonds. The Labute approximate surface area is 155 Å². The number of rotatable bonds is 3. The van der Waals surface area contributed by atoms with Gasteiger partial charge in [0, 0.05) is 17.6 Å². The van der Waals surface area contributed by atoms with E-state index in [1.807, 2.05) is 0 Å². The number of ether oxygens (including phenoxy) is 1. The smallest absolute Gasteiger partial charge is 0.437 e. The molecule has 136 valence electrons. The summed E-state index contributed by atoms with van der Waals surface area (Å²) in [6, 6.07) is 3.68. The molecule has 0 aliphatic heterocycles. The lowest BCUT2D eigenvalue weighted by Gasteiger charge is -2.13. The van der Waals surface area contributed by atoms with Gasteiger partial charge in [0.1, 0.15) is 5.75 Å². The fourth-order valence-corrected chi connectivity index (χ4v) is 2.59. The van der Waals surface area contributed by atoms with Gasteiger partial charge in [-0.25, -0.2) is 4.98 Å². The van der Waals surface area contributed by atoms with E-state index in [1.165, 1.54) is 12.1 Å². The first-order chi connectivity index (χ1) is 12.1. The molecule has 2 heterocycles. The molecule has 3 rings (SSSR count). The quantitative estimate of drug-likeness (QED) is 0.667. The molecule has 0 spiro atoms. The maximum atomic E-state index is 13.3. The van der Waals surface area contributed by atoms with Crippen molar-refractivity contribution in [1.82, 2.24) is 19.3 Å². The van der Waals surface area contributed by atoms with Crippen LogP contribution >= 0.6 is 34.7 Å². The van der Waals surface area contributed by atoms with E-state index in [2.05, 4.69) is 19.3 Å². The predicted molar refractivity (Wildman–Crippen MR) is 88.1 cm³/mol. The maximum Gasteiger partial charge on any atom is 0.437 e. The van der Waals surface area contributed by atoms with E-state index in [-0.39, 0.29) is 21.6 Å². The van der Waals surface area contributed by atoms with E-state index in [1.54, 1.807) is 0 Å². The minimum atomic E-state index is -5.01. The van der Waals surface area contributed by atoms with Crippen LogP contribution in [0.25, 0.3) is 11.6 Å². The Morgan fingerprint density at radius 2 is 1.81 bits per heavy atom. The van der Waals surface area contributed by atoms with Gasteiger partial charge in [-0.05, 0) is 12.1 Å². The van der Waals surface area contributed by atoms with Crippen LogP contribution in [0.5, 0.6) is 11.5 Å². The van der Waals surface area contributed by atoms with Gasteiger partial charge >= 0.3 is 11.0 Å². The van der Waals surface area contributed by atoms with Crippen molar-refractivity contribution < 1.29 is 17.9 Å². The van der Waals surface area contributed by atoms with Gasteiger partial charge in [-0.1, -0.05) is 23.2 Å². The van der Waals surface area contributed by atoms with Crippen LogP contribution in [0.2, 0.25) is 10.0 Å². The van der Waals surface area contributed by atoms with Gasteiger partial charge in [0.05, 0.1) is 10.0 Å². The molecule has 1 aromatic carbocycles. The second-order valence-electron chi connectivity index (χ2n) is 4.71. The highest BCUT2D eigenvalue weighted by molar-refractivity contribution is 7.03. The average Bonchev–Trinajstić information content (AvgIpc) is 2.98. The van der Waals surface area contributed by atoms with Gasteiger partial charge in [0.25, 0.3) is 5.56 Å². The number of halogens is 5. The normalized spacial score (nSPS) is 11.6. The summed E-state index contributed by atoms with van der Waals surface area (Å²) in [5.74, 6) is -2.09. The summed E-state index contributed by atoms with van der Waals surface area (Å²) < 4.78 is 48.7. The van der Waals surface area contributed by atoms with Crippen LogP contribution in [0, 0.1) is 0 Å². The molecule has 0 atom stereocenters. The summed E-state index contributed by atoms with van der Waals surface area (Å²) in [5, 5.41) is 0.184. The summed E-state index contributed by atoms with van der Waals surface area (Å²) in [4.78, 5) is 30.2. The van der Waals surface area contributed by atoms with Gasteiger partial charge < -0.3 is 9.72 Å². The summed E-state index contributed by atoms with van der Waals surface area (Å²) >= 11 is 12.0. The first-order valence-electron chi connectivity index (χ1n) is 6.56. The largest absolute Gasteiger partial charge is 0.449 e. The molecule has 0 unspecified atom stereocenters. The third kappa shape index (κ3) is 3.74. The minimum absolute atomic E-state index is 0.0266. The monoisotopic (exact) mass is 424 g/mol. The summed E-state index contributed by atoms with van der Waals surface area (Å²) in [6.45, 7) is 0. The molecular weight excluding hydrogens is 420 g/mol. The zero-order valence-corrected chi connectivity index (χ0v) is 14.5. The van der Waals surface area contributed by atoms with Crippen LogP contribution < -0.4 is 15.2 Å². The van der Waals surface area contributed by atoms with Crippen LogP contribution in [-0.2, 0) is 6.18 Å². The predicted octanol–water partition coefficient (Wildman–Crippen LogP) is 3.70. The van der Waals surface area contributed by atoms with Gasteiger partial charge in [-0.3, -0.25) is 14.6 Å². The van der Waals surface area contributed by atoms with E-state index >= 15 is 0 Å². The van der Waals surface area contributed by atoms with E-state index in [0.29, 0.717) is 11.5 Å². The maximum absolute atomic E-state index is 13.3. The third-order valence-electron chi connectivity index (χ3n) is 2.92. The number of benzene rings is 1. The number of aromatic nitrogens is 4. The van der Waals surface area contributed by atoms with E-state index in [0.717, 1.165) is 6.07 Å². The van der Waals surface area contributed by atoms with Crippen molar-refractivity contribution in [2.24, 2.45) is 0 Å². The molecule has 2 aromatic heterocycles. The lowest BCUT2D eigenvalue weighted by molar-refractivity contribution is -0.142. The minimum Gasteiger partial charge on any atom is -0.449 e. The lowest BCUT2D eigenvalue weighted by atomic mass is 10.3. The number of alkyl halides is 3. The molecule has 13 heteroatoms. The Morgan fingerprint density at radius 1 is 1.08 bits per heavy atom. The molecule has 0 aliphatic carbocycles. The van der Waals surface area contributed by atoms with Crippen LogP contribution in [0.4, 0.5) is 13.2 Å². The molecule has 0 aliphatic rings. The Balaban J connectivity index is 2.13. The van der Waals surface area contributed by atoms with Crippen molar-refractivity contribution in [2.75, 3.05) is 0 Å². The number of aromatic amines is 2. The number of H-pyrrole nitrogens is 2. The average molecular weight is 425 g/mol. The molecule has 26 heavy (non-hydrogen) atoms. The molecule has 0 saturated heterocycles. The second-order valence-corrected chi connectivity index (χ2v) is 6.26. The van der Waals surface area contributed by atoms with Crippen molar-refractivity contribution in [1.29, 1.82) is 0 Å². The van der Waals surface area contributed by atoms with E-state index in [4.69, 9.17) is 27.9 Å². The van der Waals surface area contributed by atoms with Gasteiger partial charge in [-0.2, -0.15) is 17.5 Å². The number of nitrogens with zero attached hydrogens (tertiary/aromatic N) is 2. The van der Waals surface area contributed by atoms with Crippen LogP contribution in [0.1, 0.15) is 5.69 Å². The second kappa shape index (κ2) is 6.74. The summed E-state index contributed by atoms with van der Waals surface area (Å²) in [6.07, 6.45) is -5.01. The topological polar surface area (TPSA) is 101 Å². The van der Waals surface area contributed by atoms with Crippen molar-refractivity contribution >= 4 is 34.7 Å². The molecule has 7 nitrogen and oxygen atoms in total. The van der Waals surface area contributed by atoms with E-state index in [9.17, 15) is 22.8 Å². The Morgan fingerprint density at radius 3 is 2.38 bits per heavy atom. The van der Waals surface area contributed by atoms with Gasteiger partial charge in [-0.15, -0.1) is 0 Å². The number of nitrogens with one attached hydrogen (secondary N) is 2. The van der Waals surface area contributed by atoms with Crippen LogP contribution in [-0.4, -0.2) is 19.3 Å². The first-order valence-corrected chi connectivity index (χ1v) is 8.09. The highest BCUT2D eigenvalue weighted by Crippen LogP contribution is 2.36. The standard InChI is InChI=1S/C13H5Cl2F3N4O3S/c14-5-2-1-4(3-6(5)15)25-7-8(13(16,17)18)19-9(20-11(7)23)10-21-12(24)26-22-10/h1-3H,(H,19,20,23)(H,21,22,24). The van der Waals surface area contributed by atoms with Crippen molar-refractivity contribution in [3.63, 3.8) is 0 Å². The SMILES string of the molecule is O=c1[nH]c(-c2nc(C(F)(F)F)c(Oc3ccc(Cl)c(Cl)c3)c(=O)[nH]2)ns1. The first kappa shape index (κ1) is 18.4. The summed E-state index contributed by atoms with van der Waals surface area (Å²) in [5.41, 5.74) is -2.81. The molecule has 0 bridgehead atoms. The zero-order valence-electron chi connectivity index (χ0n) is 12.1. The third-order valence-corrected chi connectivity index (χ3v) is 4.20. The lowest BCUT2D eigenvalue weighted by Crippen LogP contribution is -2.21. The Hall–Kier alpha value is -2.37. The van der Waals surface area contributed by atoms with Crippen molar-refractivity contribution in [2.45, 2.75) is 6.18 Å². The van der Waals surface area contributed by atoms with Crippen molar-refractivity contribution in [3.8, 4) is 23.1 Å². The van der Waals surface area contributed by atoms with E-state index < -0.39 is 33.9 Å².